The van der Waals surface area contributed by atoms with Crippen molar-refractivity contribution in [3.05, 3.63) is 29.6 Å². The molecule has 6 heteroatoms. The highest BCUT2D eigenvalue weighted by Crippen LogP contribution is 2.33. The van der Waals surface area contributed by atoms with E-state index in [0.717, 1.165) is 31.7 Å². The molecule has 1 aliphatic heterocycles. The Labute approximate surface area is 125 Å². The predicted molar refractivity (Wildman–Crippen MR) is 79.1 cm³/mol. The fraction of sp³-hybridized carbons (Fsp3) is 0.571. The van der Waals surface area contributed by atoms with Gasteiger partial charge in [0, 0.05) is 44.4 Å². The van der Waals surface area contributed by atoms with Crippen molar-refractivity contribution in [1.82, 2.24) is 10.2 Å². The molecule has 1 heterocycles. The molecule has 0 unspecified atom stereocenters. The van der Waals surface area contributed by atoms with Crippen LogP contribution in [0.25, 0.3) is 0 Å². The SMILES string of the molecule is COc1c(F)cccc1[C@H](CCO)N1CCNCC1.Cl. The number of aliphatic hydroxyl groups excluding tert-OH is 1. The Balaban J connectivity index is 0.00000200. The highest BCUT2D eigenvalue weighted by Gasteiger charge is 2.25. The minimum absolute atomic E-state index is 0. The normalized spacial score (nSPS) is 17.4. The third-order valence-electron chi connectivity index (χ3n) is 3.56. The van der Waals surface area contributed by atoms with Gasteiger partial charge in [0.05, 0.1) is 7.11 Å². The van der Waals surface area contributed by atoms with Crippen LogP contribution in [0.3, 0.4) is 0 Å². The number of nitrogens with one attached hydrogen (secondary N) is 1. The fourth-order valence-electron chi connectivity index (χ4n) is 2.65. The minimum atomic E-state index is -0.349. The molecule has 1 aliphatic rings. The van der Waals surface area contributed by atoms with Crippen LogP contribution < -0.4 is 10.1 Å². The number of piperazine rings is 1. The van der Waals surface area contributed by atoms with Gasteiger partial charge in [0.2, 0.25) is 0 Å². The van der Waals surface area contributed by atoms with Crippen LogP contribution in [-0.2, 0) is 0 Å². The smallest absolute Gasteiger partial charge is 0.165 e. The van der Waals surface area contributed by atoms with Crippen LogP contribution in [0.2, 0.25) is 0 Å². The molecular formula is C14H22ClFN2O2. The number of methoxy groups -OCH3 is 1. The van der Waals surface area contributed by atoms with E-state index >= 15 is 0 Å². The van der Waals surface area contributed by atoms with Gasteiger partial charge in [-0.1, -0.05) is 12.1 Å². The Hall–Kier alpha value is -0.880. The van der Waals surface area contributed by atoms with Crippen LogP contribution in [0.5, 0.6) is 5.75 Å². The summed E-state index contributed by atoms with van der Waals surface area (Å²) < 4.78 is 19.0. The lowest BCUT2D eigenvalue weighted by atomic mass is 10.00. The number of aliphatic hydroxyl groups is 1. The third kappa shape index (κ3) is 3.82. The Morgan fingerprint density at radius 3 is 2.70 bits per heavy atom. The monoisotopic (exact) mass is 304 g/mol. The van der Waals surface area contributed by atoms with Crippen molar-refractivity contribution in [2.45, 2.75) is 12.5 Å². The highest BCUT2D eigenvalue weighted by atomic mass is 35.5. The lowest BCUT2D eigenvalue weighted by Crippen LogP contribution is -2.45. The number of hydrogen-bond donors (Lipinski definition) is 2. The number of para-hydroxylation sites is 1. The number of benzene rings is 1. The molecule has 0 aromatic heterocycles. The summed E-state index contributed by atoms with van der Waals surface area (Å²) in [5, 5.41) is 12.6. The van der Waals surface area contributed by atoms with Gasteiger partial charge in [-0.15, -0.1) is 12.4 Å². The van der Waals surface area contributed by atoms with Crippen LogP contribution in [0.15, 0.2) is 18.2 Å². The molecular weight excluding hydrogens is 283 g/mol. The molecule has 2 N–H and O–H groups in total. The number of ether oxygens (including phenoxy) is 1. The van der Waals surface area contributed by atoms with E-state index in [9.17, 15) is 9.50 Å². The third-order valence-corrected chi connectivity index (χ3v) is 3.56. The molecule has 0 amide bonds. The van der Waals surface area contributed by atoms with Crippen LogP contribution in [0.1, 0.15) is 18.0 Å². The van der Waals surface area contributed by atoms with Crippen LogP contribution in [0.4, 0.5) is 4.39 Å². The molecule has 4 nitrogen and oxygen atoms in total. The summed E-state index contributed by atoms with van der Waals surface area (Å²) in [5.74, 6) is -0.0578. The van der Waals surface area contributed by atoms with Crippen molar-refractivity contribution in [3.8, 4) is 5.75 Å². The summed E-state index contributed by atoms with van der Waals surface area (Å²) in [6.45, 7) is 3.70. The maximum atomic E-state index is 13.8. The number of rotatable bonds is 5. The van der Waals surface area contributed by atoms with Gasteiger partial charge in [-0.05, 0) is 12.5 Å². The first-order chi connectivity index (χ1) is 9.27. The quantitative estimate of drug-likeness (QED) is 0.867. The van der Waals surface area contributed by atoms with Gasteiger partial charge in [0.15, 0.2) is 11.6 Å². The summed E-state index contributed by atoms with van der Waals surface area (Å²) in [7, 11) is 1.48. The zero-order valence-corrected chi connectivity index (χ0v) is 12.5. The number of halogens is 2. The van der Waals surface area contributed by atoms with Crippen molar-refractivity contribution in [2.24, 2.45) is 0 Å². The Kier molecular flexibility index (Phi) is 7.23. The van der Waals surface area contributed by atoms with E-state index in [0.29, 0.717) is 12.2 Å². The number of nitrogens with zero attached hydrogens (tertiary/aromatic N) is 1. The average Bonchev–Trinajstić information content (AvgIpc) is 2.45. The first-order valence-corrected chi connectivity index (χ1v) is 6.66. The lowest BCUT2D eigenvalue weighted by molar-refractivity contribution is 0.138. The first kappa shape index (κ1) is 17.2. The van der Waals surface area contributed by atoms with E-state index in [4.69, 9.17) is 4.74 Å². The number of hydrogen-bond acceptors (Lipinski definition) is 4. The molecule has 114 valence electrons. The first-order valence-electron chi connectivity index (χ1n) is 6.66. The van der Waals surface area contributed by atoms with E-state index < -0.39 is 0 Å². The van der Waals surface area contributed by atoms with Crippen molar-refractivity contribution in [3.63, 3.8) is 0 Å². The van der Waals surface area contributed by atoms with Crippen LogP contribution in [0, 0.1) is 5.82 Å². The molecule has 1 aromatic carbocycles. The van der Waals surface area contributed by atoms with Gasteiger partial charge < -0.3 is 15.2 Å². The van der Waals surface area contributed by atoms with Crippen LogP contribution >= 0.6 is 12.4 Å². The van der Waals surface area contributed by atoms with Crippen LogP contribution in [-0.4, -0.2) is 49.9 Å². The Morgan fingerprint density at radius 1 is 1.40 bits per heavy atom. The Bertz CT molecular complexity index is 414. The summed E-state index contributed by atoms with van der Waals surface area (Å²) in [5.41, 5.74) is 0.818. The van der Waals surface area contributed by atoms with Gasteiger partial charge >= 0.3 is 0 Å². The molecule has 0 radical (unpaired) electrons. The zero-order valence-electron chi connectivity index (χ0n) is 11.6. The fourth-order valence-corrected chi connectivity index (χ4v) is 2.65. The molecule has 1 aromatic rings. The van der Waals surface area contributed by atoms with Crippen molar-refractivity contribution in [2.75, 3.05) is 39.9 Å². The maximum Gasteiger partial charge on any atom is 0.165 e. The van der Waals surface area contributed by atoms with Crippen molar-refractivity contribution in [1.29, 1.82) is 0 Å². The molecule has 0 spiro atoms. The topological polar surface area (TPSA) is 44.7 Å². The van der Waals surface area contributed by atoms with E-state index in [-0.39, 0.29) is 30.9 Å². The lowest BCUT2D eigenvalue weighted by Gasteiger charge is -2.35. The van der Waals surface area contributed by atoms with E-state index in [1.165, 1.54) is 13.2 Å². The average molecular weight is 305 g/mol. The molecule has 0 bridgehead atoms. The summed E-state index contributed by atoms with van der Waals surface area (Å²) in [6.07, 6.45) is 0.583. The minimum Gasteiger partial charge on any atom is -0.493 e. The second-order valence-corrected chi connectivity index (χ2v) is 4.68. The zero-order chi connectivity index (χ0) is 13.7. The van der Waals surface area contributed by atoms with Gasteiger partial charge in [0.1, 0.15) is 0 Å². The van der Waals surface area contributed by atoms with Crippen molar-refractivity contribution < 1.29 is 14.2 Å². The van der Waals surface area contributed by atoms with Gasteiger partial charge in [-0.3, -0.25) is 4.90 Å². The van der Waals surface area contributed by atoms with E-state index in [1.54, 1.807) is 6.07 Å². The van der Waals surface area contributed by atoms with Gasteiger partial charge in [0.25, 0.3) is 0 Å². The van der Waals surface area contributed by atoms with E-state index in [1.807, 2.05) is 6.07 Å². The maximum absolute atomic E-state index is 13.8. The highest BCUT2D eigenvalue weighted by molar-refractivity contribution is 5.85. The molecule has 0 aliphatic carbocycles. The summed E-state index contributed by atoms with van der Waals surface area (Å²) in [4.78, 5) is 2.27. The second kappa shape index (κ2) is 8.42. The van der Waals surface area contributed by atoms with E-state index in [2.05, 4.69) is 10.2 Å². The van der Waals surface area contributed by atoms with Gasteiger partial charge in [-0.2, -0.15) is 0 Å². The molecule has 2 rings (SSSR count). The molecule has 1 fully saturated rings. The largest absolute Gasteiger partial charge is 0.493 e. The second-order valence-electron chi connectivity index (χ2n) is 4.68. The predicted octanol–water partition coefficient (Wildman–Crippen LogP) is 1.58. The standard InChI is InChI=1S/C14H21FN2O2.ClH/c1-19-14-11(3-2-4-12(14)15)13(5-10-18)17-8-6-16-7-9-17;/h2-4,13,16,18H,5-10H2,1H3;1H/t13-;/m0./s1. The molecule has 1 saturated heterocycles. The molecule has 0 saturated carbocycles. The van der Waals surface area contributed by atoms with Crippen molar-refractivity contribution >= 4 is 12.4 Å². The molecule has 20 heavy (non-hydrogen) atoms. The molecule has 1 atom stereocenters. The van der Waals surface area contributed by atoms with Gasteiger partial charge in [-0.25, -0.2) is 4.39 Å². The summed E-state index contributed by atoms with van der Waals surface area (Å²) >= 11 is 0. The summed E-state index contributed by atoms with van der Waals surface area (Å²) in [6, 6.07) is 4.97. The Morgan fingerprint density at radius 2 is 2.10 bits per heavy atom.